The fourth-order valence-electron chi connectivity index (χ4n) is 3.81. The van der Waals surface area contributed by atoms with Gasteiger partial charge in [0.25, 0.3) is 0 Å². The Morgan fingerprint density at radius 3 is 2.50 bits per heavy atom. The van der Waals surface area contributed by atoms with Crippen LogP contribution in [0.4, 0.5) is 0 Å². The van der Waals surface area contributed by atoms with Crippen LogP contribution in [0.1, 0.15) is 47.8 Å². The fraction of sp³-hybridized carbons (Fsp3) is 0.600. The molecule has 0 heterocycles. The van der Waals surface area contributed by atoms with E-state index in [4.69, 9.17) is 15.2 Å². The minimum atomic E-state index is 0.645. The van der Waals surface area contributed by atoms with Gasteiger partial charge in [0, 0.05) is 11.1 Å². The first-order valence-electron chi connectivity index (χ1n) is 6.77. The van der Waals surface area contributed by atoms with Crippen LogP contribution in [0.25, 0.3) is 0 Å². The number of benzene rings is 1. The van der Waals surface area contributed by atoms with E-state index in [-0.39, 0.29) is 0 Å². The van der Waals surface area contributed by atoms with E-state index >= 15 is 0 Å². The van der Waals surface area contributed by atoms with E-state index in [1.807, 2.05) is 0 Å². The van der Waals surface area contributed by atoms with Crippen molar-refractivity contribution in [2.24, 2.45) is 5.73 Å². The maximum atomic E-state index is 5.70. The largest absolute Gasteiger partial charge is 0.496 e. The third kappa shape index (κ3) is 1.53. The van der Waals surface area contributed by atoms with Gasteiger partial charge in [-0.05, 0) is 55.7 Å². The number of nitrogens with two attached hydrogens (primary N) is 1. The summed E-state index contributed by atoms with van der Waals surface area (Å²) in [6.07, 6.45) is 4.72. The molecule has 0 aromatic heterocycles. The predicted octanol–water partition coefficient (Wildman–Crippen LogP) is 2.57. The summed E-state index contributed by atoms with van der Waals surface area (Å²) in [5.74, 6) is 3.47. The van der Waals surface area contributed by atoms with Gasteiger partial charge in [0.05, 0.1) is 14.2 Å². The van der Waals surface area contributed by atoms with E-state index in [9.17, 15) is 0 Å². The molecular formula is C15H21NO2. The second kappa shape index (κ2) is 4.47. The summed E-state index contributed by atoms with van der Waals surface area (Å²) in [4.78, 5) is 0. The Kier molecular flexibility index (Phi) is 2.94. The zero-order chi connectivity index (χ0) is 12.7. The molecule has 2 atom stereocenters. The summed E-state index contributed by atoms with van der Waals surface area (Å²) in [5, 5.41) is 0. The average Bonchev–Trinajstić information content (AvgIpc) is 2.99. The summed E-state index contributed by atoms with van der Waals surface area (Å²) in [6, 6.07) is 2.13. The van der Waals surface area contributed by atoms with E-state index in [1.54, 1.807) is 14.2 Å². The molecule has 0 unspecified atom stereocenters. The fourth-order valence-corrected chi connectivity index (χ4v) is 3.81. The monoisotopic (exact) mass is 247 g/mol. The Bertz CT molecular complexity index is 470. The predicted molar refractivity (Wildman–Crippen MR) is 71.6 cm³/mol. The summed E-state index contributed by atoms with van der Waals surface area (Å²) in [5.41, 5.74) is 9.72. The average molecular weight is 247 g/mol. The summed E-state index contributed by atoms with van der Waals surface area (Å²) < 4.78 is 11.3. The second-order valence-corrected chi connectivity index (χ2v) is 5.34. The molecule has 0 amide bonds. The molecule has 2 bridgehead atoms. The molecule has 2 N–H and O–H groups in total. The molecule has 3 nitrogen and oxygen atoms in total. The SMILES string of the molecule is COc1cc(CCN)c(OC)c2c1[C@@H]1CC[C@H]2C1. The molecule has 2 aliphatic carbocycles. The highest BCUT2D eigenvalue weighted by Gasteiger charge is 2.41. The number of fused-ring (bicyclic) bond motifs is 5. The van der Waals surface area contributed by atoms with Gasteiger partial charge >= 0.3 is 0 Å². The van der Waals surface area contributed by atoms with Gasteiger partial charge in [0.1, 0.15) is 11.5 Å². The van der Waals surface area contributed by atoms with Gasteiger partial charge in [-0.1, -0.05) is 0 Å². The van der Waals surface area contributed by atoms with Crippen molar-refractivity contribution in [3.63, 3.8) is 0 Å². The van der Waals surface area contributed by atoms with E-state index in [2.05, 4.69) is 6.07 Å². The number of hydrogen-bond donors (Lipinski definition) is 1. The summed E-state index contributed by atoms with van der Waals surface area (Å²) >= 11 is 0. The van der Waals surface area contributed by atoms with Crippen LogP contribution in [0.15, 0.2) is 6.07 Å². The molecule has 0 radical (unpaired) electrons. The second-order valence-electron chi connectivity index (χ2n) is 5.34. The molecule has 3 rings (SSSR count). The summed E-state index contributed by atoms with van der Waals surface area (Å²) in [6.45, 7) is 0.645. The Hall–Kier alpha value is -1.22. The van der Waals surface area contributed by atoms with E-state index in [1.165, 1.54) is 36.0 Å². The van der Waals surface area contributed by atoms with E-state index in [0.29, 0.717) is 18.4 Å². The zero-order valence-electron chi connectivity index (χ0n) is 11.2. The van der Waals surface area contributed by atoms with Crippen LogP contribution in [0.3, 0.4) is 0 Å². The molecule has 2 aliphatic rings. The van der Waals surface area contributed by atoms with Gasteiger partial charge in [0.2, 0.25) is 0 Å². The standard InChI is InChI=1S/C15H21NO2/c1-17-12-8-11(5-6-16)15(18-2)14-10-4-3-9(7-10)13(12)14/h8-10H,3-7,16H2,1-2H3/t9-,10+/m1/s1. The van der Waals surface area contributed by atoms with Crippen molar-refractivity contribution in [3.8, 4) is 11.5 Å². The Morgan fingerprint density at radius 2 is 1.89 bits per heavy atom. The Morgan fingerprint density at radius 1 is 1.17 bits per heavy atom. The maximum Gasteiger partial charge on any atom is 0.126 e. The Labute approximate surface area is 108 Å². The molecule has 98 valence electrons. The van der Waals surface area contributed by atoms with Gasteiger partial charge < -0.3 is 15.2 Å². The van der Waals surface area contributed by atoms with E-state index < -0.39 is 0 Å². The quantitative estimate of drug-likeness (QED) is 0.889. The molecule has 0 spiro atoms. The van der Waals surface area contributed by atoms with Crippen LogP contribution in [-0.2, 0) is 6.42 Å². The van der Waals surface area contributed by atoms with Crippen molar-refractivity contribution in [2.45, 2.75) is 37.5 Å². The molecule has 1 aromatic carbocycles. The van der Waals surface area contributed by atoms with Crippen molar-refractivity contribution in [3.05, 3.63) is 22.8 Å². The highest BCUT2D eigenvalue weighted by atomic mass is 16.5. The van der Waals surface area contributed by atoms with E-state index in [0.717, 1.165) is 17.9 Å². The van der Waals surface area contributed by atoms with Gasteiger partial charge in [-0.2, -0.15) is 0 Å². The number of ether oxygens (including phenoxy) is 2. The highest BCUT2D eigenvalue weighted by molar-refractivity contribution is 5.60. The number of rotatable bonds is 4. The normalized spacial score (nSPS) is 24.2. The molecule has 3 heteroatoms. The lowest BCUT2D eigenvalue weighted by Gasteiger charge is -2.23. The molecule has 1 fully saturated rings. The van der Waals surface area contributed by atoms with Crippen LogP contribution in [0.5, 0.6) is 11.5 Å². The van der Waals surface area contributed by atoms with Crippen LogP contribution < -0.4 is 15.2 Å². The minimum Gasteiger partial charge on any atom is -0.496 e. The van der Waals surface area contributed by atoms with Gasteiger partial charge in [-0.25, -0.2) is 0 Å². The zero-order valence-corrected chi connectivity index (χ0v) is 11.2. The molecule has 0 saturated heterocycles. The summed E-state index contributed by atoms with van der Waals surface area (Å²) in [7, 11) is 3.54. The molecule has 0 aliphatic heterocycles. The lowest BCUT2D eigenvalue weighted by atomic mass is 9.88. The first kappa shape index (κ1) is 11.8. The topological polar surface area (TPSA) is 44.5 Å². The Balaban J connectivity index is 2.19. The highest BCUT2D eigenvalue weighted by Crippen LogP contribution is 2.59. The smallest absolute Gasteiger partial charge is 0.126 e. The minimum absolute atomic E-state index is 0.645. The van der Waals surface area contributed by atoms with Crippen molar-refractivity contribution in [2.75, 3.05) is 20.8 Å². The lowest BCUT2D eigenvalue weighted by Crippen LogP contribution is -2.09. The molecule has 18 heavy (non-hydrogen) atoms. The number of methoxy groups -OCH3 is 2. The molecule has 1 saturated carbocycles. The van der Waals surface area contributed by atoms with Gasteiger partial charge in [-0.3, -0.25) is 0 Å². The lowest BCUT2D eigenvalue weighted by molar-refractivity contribution is 0.387. The van der Waals surface area contributed by atoms with Crippen LogP contribution in [0.2, 0.25) is 0 Å². The maximum absolute atomic E-state index is 5.70. The molecule has 1 aromatic rings. The first-order chi connectivity index (χ1) is 8.80. The third-order valence-corrected chi connectivity index (χ3v) is 4.48. The van der Waals surface area contributed by atoms with Crippen molar-refractivity contribution in [1.29, 1.82) is 0 Å². The van der Waals surface area contributed by atoms with Crippen LogP contribution in [-0.4, -0.2) is 20.8 Å². The van der Waals surface area contributed by atoms with Gasteiger partial charge in [0.15, 0.2) is 0 Å². The van der Waals surface area contributed by atoms with Gasteiger partial charge in [-0.15, -0.1) is 0 Å². The van der Waals surface area contributed by atoms with Crippen LogP contribution in [0, 0.1) is 0 Å². The first-order valence-corrected chi connectivity index (χ1v) is 6.77. The van der Waals surface area contributed by atoms with Crippen molar-refractivity contribution >= 4 is 0 Å². The van der Waals surface area contributed by atoms with Crippen molar-refractivity contribution < 1.29 is 9.47 Å². The third-order valence-electron chi connectivity index (χ3n) is 4.48. The van der Waals surface area contributed by atoms with Crippen LogP contribution >= 0.6 is 0 Å². The molecular weight excluding hydrogens is 226 g/mol. The van der Waals surface area contributed by atoms with Crippen molar-refractivity contribution in [1.82, 2.24) is 0 Å². The number of hydrogen-bond acceptors (Lipinski definition) is 3.